The van der Waals surface area contributed by atoms with Crippen molar-refractivity contribution in [3.05, 3.63) is 29.0 Å². The molecule has 4 nitrogen and oxygen atoms in total. The van der Waals surface area contributed by atoms with Crippen LogP contribution in [-0.4, -0.2) is 18.1 Å². The Kier molecular flexibility index (Phi) is 5.63. The zero-order valence-corrected chi connectivity index (χ0v) is 8.30. The highest BCUT2D eigenvalue weighted by Gasteiger charge is 1.84. The van der Waals surface area contributed by atoms with Gasteiger partial charge in [0.1, 0.15) is 5.15 Å². The third kappa shape index (κ3) is 7.08. The van der Waals surface area contributed by atoms with E-state index in [0.717, 1.165) is 5.69 Å². The summed E-state index contributed by atoms with van der Waals surface area (Å²) in [6.45, 7) is 1.91. The topological polar surface area (TPSA) is 68.0 Å². The van der Waals surface area contributed by atoms with Gasteiger partial charge in [-0.1, -0.05) is 17.7 Å². The summed E-state index contributed by atoms with van der Waals surface area (Å²) in [5, 5.41) is 2.73. The minimum absolute atomic E-state index is 0.495. The van der Waals surface area contributed by atoms with E-state index < -0.39 is 6.03 Å². The van der Waals surface area contributed by atoms with Crippen molar-refractivity contribution in [3.8, 4) is 0 Å². The number of amides is 2. The number of nitrogens with two attached hydrogens (primary N) is 1. The maximum Gasteiger partial charge on any atom is 0.311 e. The number of carbonyl (C=O) groups excluding carboxylic acids is 1. The first-order valence-corrected chi connectivity index (χ1v) is 4.00. The first-order valence-electron chi connectivity index (χ1n) is 3.62. The summed E-state index contributed by atoms with van der Waals surface area (Å²) in [6, 6.07) is 5.05. The van der Waals surface area contributed by atoms with Crippen molar-refractivity contribution < 1.29 is 4.79 Å². The molecule has 0 aromatic carbocycles. The molecule has 0 bridgehead atoms. The van der Waals surface area contributed by atoms with Gasteiger partial charge in [-0.05, 0) is 19.1 Å². The average molecular weight is 202 g/mol. The van der Waals surface area contributed by atoms with Crippen molar-refractivity contribution in [1.29, 1.82) is 0 Å². The van der Waals surface area contributed by atoms with Gasteiger partial charge in [-0.15, -0.1) is 0 Å². The van der Waals surface area contributed by atoms with Crippen LogP contribution in [0.4, 0.5) is 4.79 Å². The van der Waals surface area contributed by atoms with Crippen LogP contribution in [-0.2, 0) is 0 Å². The molecule has 0 unspecified atom stereocenters. The number of hydrogen-bond acceptors (Lipinski definition) is 2. The van der Waals surface area contributed by atoms with E-state index in [0.29, 0.717) is 5.15 Å². The molecule has 1 rings (SSSR count). The van der Waals surface area contributed by atoms with Crippen molar-refractivity contribution in [3.63, 3.8) is 0 Å². The second-order valence-electron chi connectivity index (χ2n) is 2.22. The van der Waals surface area contributed by atoms with E-state index in [-0.39, 0.29) is 0 Å². The number of nitrogens with zero attached hydrogens (tertiary/aromatic N) is 1. The Balaban J connectivity index is 0.000000252. The molecular weight excluding hydrogens is 190 g/mol. The van der Waals surface area contributed by atoms with Crippen LogP contribution in [0.1, 0.15) is 5.69 Å². The molecule has 2 amide bonds. The van der Waals surface area contributed by atoms with Crippen LogP contribution in [0, 0.1) is 6.92 Å². The monoisotopic (exact) mass is 201 g/mol. The molecule has 0 aliphatic rings. The lowest BCUT2D eigenvalue weighted by Gasteiger charge is -1.88. The number of rotatable bonds is 0. The van der Waals surface area contributed by atoms with Gasteiger partial charge in [0.15, 0.2) is 0 Å². The van der Waals surface area contributed by atoms with Gasteiger partial charge in [0.05, 0.1) is 0 Å². The van der Waals surface area contributed by atoms with E-state index in [1.165, 1.54) is 7.05 Å². The van der Waals surface area contributed by atoms with E-state index in [9.17, 15) is 4.79 Å². The number of carbonyl (C=O) groups is 1. The van der Waals surface area contributed by atoms with Gasteiger partial charge < -0.3 is 11.1 Å². The molecule has 0 saturated carbocycles. The second-order valence-corrected chi connectivity index (χ2v) is 2.60. The van der Waals surface area contributed by atoms with Crippen molar-refractivity contribution in [2.45, 2.75) is 6.92 Å². The summed E-state index contributed by atoms with van der Waals surface area (Å²) >= 11 is 5.53. The first-order chi connectivity index (χ1) is 6.06. The van der Waals surface area contributed by atoms with Crippen molar-refractivity contribution in [2.24, 2.45) is 5.73 Å². The fourth-order valence-electron chi connectivity index (χ4n) is 0.510. The first kappa shape index (κ1) is 11.7. The number of aromatic nitrogens is 1. The standard InChI is InChI=1S/C6H6ClN.C2H6N2O/c1-5-3-2-4-6(7)8-5;1-4-2(3)5/h2-4H,1H3;1H3,(H3,3,4,5). The molecule has 13 heavy (non-hydrogen) atoms. The van der Waals surface area contributed by atoms with Gasteiger partial charge in [0.25, 0.3) is 0 Å². The Labute approximate surface area is 82.1 Å². The molecule has 1 aromatic heterocycles. The lowest BCUT2D eigenvalue weighted by Crippen LogP contribution is -2.24. The SMILES string of the molecule is CNC(N)=O.Cc1cccc(Cl)n1. The van der Waals surface area contributed by atoms with Crippen molar-refractivity contribution in [2.75, 3.05) is 7.05 Å². The number of pyridine rings is 1. The molecule has 0 atom stereocenters. The highest BCUT2D eigenvalue weighted by Crippen LogP contribution is 2.02. The van der Waals surface area contributed by atoms with Gasteiger partial charge in [0.2, 0.25) is 0 Å². The van der Waals surface area contributed by atoms with E-state index in [4.69, 9.17) is 11.6 Å². The fraction of sp³-hybridized carbons (Fsp3) is 0.250. The number of nitrogens with one attached hydrogen (secondary N) is 1. The third-order valence-corrected chi connectivity index (χ3v) is 1.31. The van der Waals surface area contributed by atoms with Crippen LogP contribution in [0.15, 0.2) is 18.2 Å². The van der Waals surface area contributed by atoms with Crippen molar-refractivity contribution in [1.82, 2.24) is 10.3 Å². The molecule has 72 valence electrons. The third-order valence-electron chi connectivity index (χ3n) is 1.10. The largest absolute Gasteiger partial charge is 0.352 e. The van der Waals surface area contributed by atoms with Crippen LogP contribution in [0.3, 0.4) is 0 Å². The number of halogens is 1. The summed E-state index contributed by atoms with van der Waals surface area (Å²) in [6.07, 6.45) is 0. The zero-order chi connectivity index (χ0) is 10.3. The minimum atomic E-state index is -0.495. The van der Waals surface area contributed by atoms with Crippen LogP contribution in [0.2, 0.25) is 5.15 Å². The van der Waals surface area contributed by atoms with Gasteiger partial charge in [-0.2, -0.15) is 0 Å². The Bertz CT molecular complexity index is 261. The molecule has 0 aliphatic carbocycles. The molecule has 0 spiro atoms. The lowest BCUT2D eigenvalue weighted by atomic mass is 10.4. The molecule has 1 heterocycles. The molecule has 0 fully saturated rings. The fourth-order valence-corrected chi connectivity index (χ4v) is 0.716. The summed E-state index contributed by atoms with van der Waals surface area (Å²) in [5.41, 5.74) is 5.50. The molecule has 0 radical (unpaired) electrons. The average Bonchev–Trinajstić information content (AvgIpc) is 2.05. The number of primary amides is 1. The van der Waals surface area contributed by atoms with Gasteiger partial charge >= 0.3 is 6.03 Å². The number of urea groups is 1. The number of hydrogen-bond donors (Lipinski definition) is 2. The highest BCUT2D eigenvalue weighted by atomic mass is 35.5. The van der Waals surface area contributed by atoms with Gasteiger partial charge in [-0.3, -0.25) is 0 Å². The summed E-state index contributed by atoms with van der Waals surface area (Å²) in [7, 11) is 1.47. The van der Waals surface area contributed by atoms with Gasteiger partial charge in [0, 0.05) is 12.7 Å². The van der Waals surface area contributed by atoms with E-state index in [2.05, 4.69) is 16.0 Å². The maximum atomic E-state index is 9.48. The van der Waals surface area contributed by atoms with Crippen LogP contribution in [0.25, 0.3) is 0 Å². The molecule has 3 N–H and O–H groups in total. The minimum Gasteiger partial charge on any atom is -0.352 e. The predicted octanol–water partition coefficient (Wildman–Crippen LogP) is 1.33. The molecule has 5 heteroatoms. The van der Waals surface area contributed by atoms with Gasteiger partial charge in [-0.25, -0.2) is 9.78 Å². The van der Waals surface area contributed by atoms with Crippen molar-refractivity contribution >= 4 is 17.6 Å². The molecule has 1 aromatic rings. The van der Waals surface area contributed by atoms with Crippen LogP contribution >= 0.6 is 11.6 Å². The Morgan fingerprint density at radius 3 is 2.38 bits per heavy atom. The predicted molar refractivity (Wildman–Crippen MR) is 52.6 cm³/mol. The highest BCUT2D eigenvalue weighted by molar-refractivity contribution is 6.29. The van der Waals surface area contributed by atoms with E-state index >= 15 is 0 Å². The number of aryl methyl sites for hydroxylation is 1. The molecule has 0 aliphatic heterocycles. The molecule has 0 saturated heterocycles. The zero-order valence-electron chi connectivity index (χ0n) is 7.54. The van der Waals surface area contributed by atoms with E-state index in [1.54, 1.807) is 6.07 Å². The maximum absolute atomic E-state index is 9.48. The Morgan fingerprint density at radius 2 is 2.15 bits per heavy atom. The summed E-state index contributed by atoms with van der Waals surface area (Å²) in [5.74, 6) is 0. The summed E-state index contributed by atoms with van der Waals surface area (Å²) in [4.78, 5) is 13.4. The second kappa shape index (κ2) is 6.25. The summed E-state index contributed by atoms with van der Waals surface area (Å²) < 4.78 is 0. The quantitative estimate of drug-likeness (QED) is 0.622. The van der Waals surface area contributed by atoms with Crippen LogP contribution < -0.4 is 11.1 Å². The van der Waals surface area contributed by atoms with Crippen LogP contribution in [0.5, 0.6) is 0 Å². The Hall–Kier alpha value is -1.29. The lowest BCUT2D eigenvalue weighted by molar-refractivity contribution is 0.251. The molecular formula is C8H12ClN3O. The normalized spacial score (nSPS) is 8.23. The smallest absolute Gasteiger partial charge is 0.311 e. The van der Waals surface area contributed by atoms with E-state index in [1.807, 2.05) is 19.1 Å². The Morgan fingerprint density at radius 1 is 1.62 bits per heavy atom.